The van der Waals surface area contributed by atoms with Gasteiger partial charge in [-0.3, -0.25) is 14.4 Å². The summed E-state index contributed by atoms with van der Waals surface area (Å²) in [5.41, 5.74) is 0. The van der Waals surface area contributed by atoms with Gasteiger partial charge in [-0.1, -0.05) is 128 Å². The van der Waals surface area contributed by atoms with Crippen LogP contribution in [0.2, 0.25) is 0 Å². The number of aliphatic hydroxyl groups excluding tert-OH is 1. The molecule has 0 aliphatic heterocycles. The van der Waals surface area contributed by atoms with Gasteiger partial charge in [0, 0.05) is 19.3 Å². The summed E-state index contributed by atoms with van der Waals surface area (Å²) in [6, 6.07) is 0. The third-order valence-corrected chi connectivity index (χ3v) is 7.22. The molecule has 0 spiro atoms. The number of ketones is 1. The monoisotopic (exact) mass is 578 g/mol. The van der Waals surface area contributed by atoms with E-state index in [9.17, 15) is 19.5 Å². The summed E-state index contributed by atoms with van der Waals surface area (Å²) in [6.07, 6.45) is 30.6. The number of allylic oxidation sites excluding steroid dienone is 4. The molecule has 238 valence electrons. The quantitative estimate of drug-likeness (QED) is 0.0396. The Morgan fingerprint density at radius 2 is 1.10 bits per heavy atom. The standard InChI is InChI=1S/C35H62O6/c1-3-5-7-8-9-10-11-14-18-21-25-29-35(39)41-33(30-36)31-40-34(38)28-24-20-17-15-12-13-16-19-23-27-32(37)26-22-6-4-2/h16,19,23,27,33,36H,3-15,17-18,20-22,24-26,28-31H2,1-2H3/b19-16-,27-23+/t33-/m0/s1. The van der Waals surface area contributed by atoms with Gasteiger partial charge in [0.05, 0.1) is 6.61 Å². The van der Waals surface area contributed by atoms with Crippen LogP contribution in [0.4, 0.5) is 0 Å². The summed E-state index contributed by atoms with van der Waals surface area (Å²) in [5.74, 6) is -0.453. The zero-order valence-corrected chi connectivity index (χ0v) is 26.6. The molecule has 0 amide bonds. The van der Waals surface area contributed by atoms with Gasteiger partial charge in [0.1, 0.15) is 6.61 Å². The lowest BCUT2D eigenvalue weighted by Crippen LogP contribution is -2.28. The molecule has 1 atom stereocenters. The Morgan fingerprint density at radius 1 is 0.610 bits per heavy atom. The molecular formula is C35H62O6. The SMILES string of the molecule is CCCCCCCCCCCCCC(=O)O[C@@H](CO)COC(=O)CCCCCCC/C=C\C=C\C(=O)CCCCC. The molecular weight excluding hydrogens is 516 g/mol. The van der Waals surface area contributed by atoms with Gasteiger partial charge in [0.15, 0.2) is 11.9 Å². The molecule has 0 aliphatic carbocycles. The van der Waals surface area contributed by atoms with E-state index in [0.717, 1.165) is 77.0 Å². The maximum atomic E-state index is 12.1. The first-order valence-corrected chi connectivity index (χ1v) is 16.8. The summed E-state index contributed by atoms with van der Waals surface area (Å²) in [7, 11) is 0. The Labute approximate surface area is 251 Å². The molecule has 0 radical (unpaired) electrons. The van der Waals surface area contributed by atoms with E-state index in [1.165, 1.54) is 51.4 Å². The number of esters is 2. The van der Waals surface area contributed by atoms with Crippen molar-refractivity contribution < 1.29 is 29.0 Å². The minimum atomic E-state index is -0.791. The minimum Gasteiger partial charge on any atom is -0.462 e. The Bertz CT molecular complexity index is 684. The Morgan fingerprint density at radius 3 is 1.68 bits per heavy atom. The highest BCUT2D eigenvalue weighted by atomic mass is 16.6. The second-order valence-corrected chi connectivity index (χ2v) is 11.3. The van der Waals surface area contributed by atoms with Gasteiger partial charge in [0.25, 0.3) is 0 Å². The molecule has 0 saturated heterocycles. The van der Waals surface area contributed by atoms with E-state index in [1.807, 2.05) is 12.2 Å². The summed E-state index contributed by atoms with van der Waals surface area (Å²) < 4.78 is 10.5. The first-order chi connectivity index (χ1) is 20.0. The first-order valence-electron chi connectivity index (χ1n) is 16.8. The molecule has 0 aromatic carbocycles. The average molecular weight is 579 g/mol. The minimum absolute atomic E-state index is 0.0928. The van der Waals surface area contributed by atoms with Crippen molar-refractivity contribution in [3.63, 3.8) is 0 Å². The first kappa shape index (κ1) is 39.0. The molecule has 0 saturated carbocycles. The molecule has 0 rings (SSSR count). The molecule has 1 N–H and O–H groups in total. The van der Waals surface area contributed by atoms with Crippen LogP contribution in [-0.2, 0) is 23.9 Å². The van der Waals surface area contributed by atoms with Gasteiger partial charge in [-0.2, -0.15) is 0 Å². The van der Waals surface area contributed by atoms with E-state index in [1.54, 1.807) is 6.08 Å². The maximum absolute atomic E-state index is 12.1. The van der Waals surface area contributed by atoms with Crippen LogP contribution in [0.1, 0.15) is 162 Å². The smallest absolute Gasteiger partial charge is 0.306 e. The molecule has 0 unspecified atom stereocenters. The van der Waals surface area contributed by atoms with Crippen LogP contribution in [0.25, 0.3) is 0 Å². The molecule has 0 aliphatic rings. The van der Waals surface area contributed by atoms with Crippen LogP contribution in [0.15, 0.2) is 24.3 Å². The van der Waals surface area contributed by atoms with Crippen molar-refractivity contribution in [1.29, 1.82) is 0 Å². The fraction of sp³-hybridized carbons (Fsp3) is 0.800. The molecule has 0 fully saturated rings. The number of unbranched alkanes of at least 4 members (excludes halogenated alkanes) is 17. The third kappa shape index (κ3) is 29.3. The van der Waals surface area contributed by atoms with E-state index < -0.39 is 6.10 Å². The van der Waals surface area contributed by atoms with Crippen molar-refractivity contribution in [3.8, 4) is 0 Å². The van der Waals surface area contributed by atoms with E-state index in [-0.39, 0.29) is 30.9 Å². The molecule has 6 heteroatoms. The number of carbonyl (C=O) groups excluding carboxylic acids is 3. The molecule has 0 heterocycles. The third-order valence-electron chi connectivity index (χ3n) is 7.22. The van der Waals surface area contributed by atoms with Gasteiger partial charge in [-0.25, -0.2) is 0 Å². The number of rotatable bonds is 30. The Kier molecular flexibility index (Phi) is 29.5. The van der Waals surface area contributed by atoms with E-state index in [4.69, 9.17) is 9.47 Å². The van der Waals surface area contributed by atoms with Crippen molar-refractivity contribution >= 4 is 17.7 Å². The van der Waals surface area contributed by atoms with Crippen LogP contribution < -0.4 is 0 Å². The maximum Gasteiger partial charge on any atom is 0.306 e. The number of aliphatic hydroxyl groups is 1. The highest BCUT2D eigenvalue weighted by molar-refractivity contribution is 5.89. The largest absolute Gasteiger partial charge is 0.462 e. The Hall–Kier alpha value is -1.95. The lowest BCUT2D eigenvalue weighted by molar-refractivity contribution is -0.161. The van der Waals surface area contributed by atoms with Gasteiger partial charge in [0.2, 0.25) is 0 Å². The lowest BCUT2D eigenvalue weighted by atomic mass is 10.1. The van der Waals surface area contributed by atoms with Gasteiger partial charge in [-0.05, 0) is 38.2 Å². The van der Waals surface area contributed by atoms with E-state index >= 15 is 0 Å². The Balaban J connectivity index is 3.66. The van der Waals surface area contributed by atoms with Crippen LogP contribution in [-0.4, -0.2) is 42.1 Å². The molecule has 0 aromatic rings. The van der Waals surface area contributed by atoms with Crippen LogP contribution in [0, 0.1) is 0 Å². The van der Waals surface area contributed by atoms with Crippen LogP contribution >= 0.6 is 0 Å². The van der Waals surface area contributed by atoms with Gasteiger partial charge >= 0.3 is 11.9 Å². The summed E-state index contributed by atoms with van der Waals surface area (Å²) >= 11 is 0. The number of hydrogen-bond donors (Lipinski definition) is 1. The van der Waals surface area contributed by atoms with Crippen LogP contribution in [0.3, 0.4) is 0 Å². The van der Waals surface area contributed by atoms with Crippen molar-refractivity contribution in [1.82, 2.24) is 0 Å². The molecule has 6 nitrogen and oxygen atoms in total. The van der Waals surface area contributed by atoms with Crippen LogP contribution in [0.5, 0.6) is 0 Å². The summed E-state index contributed by atoms with van der Waals surface area (Å²) in [5, 5.41) is 9.48. The number of hydrogen-bond acceptors (Lipinski definition) is 6. The number of ether oxygens (including phenoxy) is 2. The average Bonchev–Trinajstić information content (AvgIpc) is 2.96. The van der Waals surface area contributed by atoms with Crippen molar-refractivity contribution in [3.05, 3.63) is 24.3 Å². The number of carbonyl (C=O) groups is 3. The summed E-state index contributed by atoms with van der Waals surface area (Å²) in [4.78, 5) is 35.7. The van der Waals surface area contributed by atoms with Gasteiger partial charge in [-0.15, -0.1) is 0 Å². The highest BCUT2D eigenvalue weighted by Gasteiger charge is 2.16. The fourth-order valence-electron chi connectivity index (χ4n) is 4.59. The predicted molar refractivity (Wildman–Crippen MR) is 169 cm³/mol. The van der Waals surface area contributed by atoms with Crippen molar-refractivity contribution in [2.45, 2.75) is 168 Å². The van der Waals surface area contributed by atoms with Crippen molar-refractivity contribution in [2.75, 3.05) is 13.2 Å². The van der Waals surface area contributed by atoms with Crippen molar-refractivity contribution in [2.24, 2.45) is 0 Å². The van der Waals surface area contributed by atoms with E-state index in [0.29, 0.717) is 19.3 Å². The zero-order chi connectivity index (χ0) is 30.2. The topological polar surface area (TPSA) is 89.9 Å². The zero-order valence-electron chi connectivity index (χ0n) is 26.6. The highest BCUT2D eigenvalue weighted by Crippen LogP contribution is 2.13. The van der Waals surface area contributed by atoms with E-state index in [2.05, 4.69) is 19.9 Å². The molecule has 0 bridgehead atoms. The lowest BCUT2D eigenvalue weighted by Gasteiger charge is -2.15. The van der Waals surface area contributed by atoms with Gasteiger partial charge < -0.3 is 14.6 Å². The second-order valence-electron chi connectivity index (χ2n) is 11.3. The normalized spacial score (nSPS) is 12.3. The molecule has 0 aromatic heterocycles. The predicted octanol–water partition coefficient (Wildman–Crippen LogP) is 9.13. The fourth-order valence-corrected chi connectivity index (χ4v) is 4.59. The second kappa shape index (κ2) is 31.0. The molecule has 41 heavy (non-hydrogen) atoms. The summed E-state index contributed by atoms with van der Waals surface area (Å²) in [6.45, 7) is 3.93.